The van der Waals surface area contributed by atoms with Crippen LogP contribution in [0.3, 0.4) is 0 Å². The summed E-state index contributed by atoms with van der Waals surface area (Å²) in [6.45, 7) is 0. The first-order valence-corrected chi connectivity index (χ1v) is 5.67. The number of carboxylic acid groups (broad SMARTS) is 1. The molecule has 6 heteroatoms. The van der Waals surface area contributed by atoms with Gasteiger partial charge in [0.15, 0.2) is 11.5 Å². The Balaban J connectivity index is 2.60. The van der Waals surface area contributed by atoms with Gasteiger partial charge in [-0.3, -0.25) is 0 Å². The van der Waals surface area contributed by atoms with Crippen LogP contribution in [0.4, 0.5) is 4.39 Å². The maximum atomic E-state index is 13.8. The lowest BCUT2D eigenvalue weighted by Gasteiger charge is -2.04. The summed E-state index contributed by atoms with van der Waals surface area (Å²) in [6, 6.07) is 6.98. The summed E-state index contributed by atoms with van der Waals surface area (Å²) in [5.74, 6) is -2.32. The predicted octanol–water partition coefficient (Wildman–Crippen LogP) is 2.59. The number of nitrogens with zero attached hydrogens (tertiary/aromatic N) is 2. The topological polar surface area (TPSA) is 63.1 Å². The molecule has 1 aromatic carbocycles. The molecule has 1 aromatic heterocycles. The fourth-order valence-electron chi connectivity index (χ4n) is 1.36. The molecule has 1 heterocycles. The monoisotopic (exact) mass is 344 g/mol. The average molecular weight is 344 g/mol. The van der Waals surface area contributed by atoms with E-state index in [1.807, 2.05) is 6.07 Å². The van der Waals surface area contributed by atoms with Gasteiger partial charge in [0.25, 0.3) is 0 Å². The third-order valence-corrected chi connectivity index (χ3v) is 2.76. The molecule has 0 atom stereocenters. The second kappa shape index (κ2) is 4.74. The molecular formula is C11H6FIN2O2. The zero-order valence-electron chi connectivity index (χ0n) is 8.39. The van der Waals surface area contributed by atoms with E-state index >= 15 is 0 Å². The fraction of sp³-hybridized carbons (Fsp3) is 0. The molecule has 0 amide bonds. The summed E-state index contributed by atoms with van der Waals surface area (Å²) in [4.78, 5) is 17.9. The van der Waals surface area contributed by atoms with Crippen LogP contribution in [0.1, 0.15) is 10.5 Å². The van der Waals surface area contributed by atoms with Crippen molar-refractivity contribution < 1.29 is 14.3 Å². The molecule has 2 aromatic rings. The van der Waals surface area contributed by atoms with Gasteiger partial charge in [0.1, 0.15) is 12.0 Å². The molecule has 0 saturated heterocycles. The number of benzene rings is 1. The predicted molar refractivity (Wildman–Crippen MR) is 67.1 cm³/mol. The number of rotatable bonds is 2. The molecule has 0 fully saturated rings. The molecule has 4 nitrogen and oxygen atoms in total. The number of carboxylic acids is 1. The van der Waals surface area contributed by atoms with E-state index in [9.17, 15) is 9.18 Å². The highest BCUT2D eigenvalue weighted by atomic mass is 127. The van der Waals surface area contributed by atoms with Crippen LogP contribution in [0, 0.1) is 9.39 Å². The van der Waals surface area contributed by atoms with Crippen LogP contribution in [0.5, 0.6) is 0 Å². The molecule has 0 bridgehead atoms. The van der Waals surface area contributed by atoms with Gasteiger partial charge in [0.05, 0.1) is 0 Å². The smallest absolute Gasteiger partial charge is 0.357 e. The summed E-state index contributed by atoms with van der Waals surface area (Å²) < 4.78 is 14.7. The van der Waals surface area contributed by atoms with Crippen molar-refractivity contribution >= 4 is 28.6 Å². The van der Waals surface area contributed by atoms with Gasteiger partial charge in [-0.2, -0.15) is 0 Å². The zero-order chi connectivity index (χ0) is 12.4. The van der Waals surface area contributed by atoms with Crippen LogP contribution < -0.4 is 0 Å². The van der Waals surface area contributed by atoms with E-state index in [2.05, 4.69) is 32.6 Å². The van der Waals surface area contributed by atoms with Gasteiger partial charge in [0.2, 0.25) is 0 Å². The normalized spacial score (nSPS) is 10.2. The fourth-order valence-corrected chi connectivity index (χ4v) is 1.90. The molecule has 1 N–H and O–H groups in total. The second-order valence-electron chi connectivity index (χ2n) is 3.20. The van der Waals surface area contributed by atoms with Crippen molar-refractivity contribution in [3.8, 4) is 11.3 Å². The minimum atomic E-state index is -1.41. The van der Waals surface area contributed by atoms with Gasteiger partial charge in [-0.25, -0.2) is 19.2 Å². The number of aromatic carboxylic acids is 1. The van der Waals surface area contributed by atoms with Crippen molar-refractivity contribution in [1.29, 1.82) is 0 Å². The molecule has 17 heavy (non-hydrogen) atoms. The lowest BCUT2D eigenvalue weighted by molar-refractivity contribution is 0.0684. The highest BCUT2D eigenvalue weighted by Crippen LogP contribution is 2.22. The van der Waals surface area contributed by atoms with Crippen molar-refractivity contribution in [3.05, 3.63) is 45.7 Å². The van der Waals surface area contributed by atoms with Gasteiger partial charge in [0, 0.05) is 9.13 Å². The Labute approximate surface area is 110 Å². The van der Waals surface area contributed by atoms with E-state index in [-0.39, 0.29) is 5.69 Å². The van der Waals surface area contributed by atoms with Crippen LogP contribution in [0.25, 0.3) is 11.3 Å². The average Bonchev–Trinajstić information content (AvgIpc) is 2.29. The molecule has 86 valence electrons. The van der Waals surface area contributed by atoms with E-state index in [0.29, 0.717) is 5.56 Å². The van der Waals surface area contributed by atoms with Crippen molar-refractivity contribution in [2.24, 2.45) is 0 Å². The first kappa shape index (κ1) is 11.9. The maximum absolute atomic E-state index is 13.8. The molecule has 2 rings (SSSR count). The lowest BCUT2D eigenvalue weighted by Crippen LogP contribution is -2.06. The summed E-state index contributed by atoms with van der Waals surface area (Å²) in [5, 5.41) is 8.76. The highest BCUT2D eigenvalue weighted by Gasteiger charge is 2.17. The molecular weight excluding hydrogens is 338 g/mol. The van der Waals surface area contributed by atoms with Crippen LogP contribution in [-0.2, 0) is 0 Å². The summed E-state index contributed by atoms with van der Waals surface area (Å²) >= 11 is 2.08. The molecule has 0 aliphatic rings. The zero-order valence-corrected chi connectivity index (χ0v) is 10.6. The van der Waals surface area contributed by atoms with Gasteiger partial charge in [-0.1, -0.05) is 12.1 Å². The number of hydrogen-bond donors (Lipinski definition) is 1. The van der Waals surface area contributed by atoms with Crippen molar-refractivity contribution in [3.63, 3.8) is 0 Å². The van der Waals surface area contributed by atoms with E-state index in [4.69, 9.17) is 5.11 Å². The Morgan fingerprint density at radius 3 is 2.76 bits per heavy atom. The van der Waals surface area contributed by atoms with Crippen LogP contribution in [0.15, 0.2) is 30.6 Å². The molecule has 0 spiro atoms. The molecule has 0 unspecified atom stereocenters. The quantitative estimate of drug-likeness (QED) is 0.851. The van der Waals surface area contributed by atoms with Crippen molar-refractivity contribution in [1.82, 2.24) is 9.97 Å². The van der Waals surface area contributed by atoms with Gasteiger partial charge in [-0.15, -0.1) is 0 Å². The second-order valence-corrected chi connectivity index (χ2v) is 4.45. The minimum absolute atomic E-state index is 0.00378. The van der Waals surface area contributed by atoms with E-state index in [0.717, 1.165) is 9.90 Å². The van der Waals surface area contributed by atoms with Crippen LogP contribution in [-0.4, -0.2) is 21.0 Å². The Kier molecular flexibility index (Phi) is 3.32. The summed E-state index contributed by atoms with van der Waals surface area (Å²) in [7, 11) is 0. The molecule has 0 radical (unpaired) electrons. The van der Waals surface area contributed by atoms with E-state index in [1.54, 1.807) is 18.2 Å². The summed E-state index contributed by atoms with van der Waals surface area (Å²) in [5.41, 5.74) is -0.0934. The first-order valence-electron chi connectivity index (χ1n) is 4.59. The molecule has 0 saturated carbocycles. The Morgan fingerprint density at radius 2 is 2.12 bits per heavy atom. The third-order valence-electron chi connectivity index (χ3n) is 2.09. The van der Waals surface area contributed by atoms with Gasteiger partial charge >= 0.3 is 5.97 Å². The van der Waals surface area contributed by atoms with Crippen molar-refractivity contribution in [2.75, 3.05) is 0 Å². The lowest BCUT2D eigenvalue weighted by atomic mass is 10.1. The molecule has 0 aliphatic carbocycles. The van der Waals surface area contributed by atoms with Crippen LogP contribution in [0.2, 0.25) is 0 Å². The Bertz CT molecular complexity index is 589. The Hall–Kier alpha value is -1.57. The van der Waals surface area contributed by atoms with Gasteiger partial charge in [-0.05, 0) is 34.7 Å². The Morgan fingerprint density at radius 1 is 1.35 bits per heavy atom. The van der Waals surface area contributed by atoms with Gasteiger partial charge < -0.3 is 5.11 Å². The number of aromatic nitrogens is 2. The van der Waals surface area contributed by atoms with Crippen LogP contribution >= 0.6 is 22.6 Å². The SMILES string of the molecule is O=C(O)c1ncnc(-c2cccc(I)c2)c1F. The standard InChI is InChI=1S/C11H6FIN2O2/c12-8-9(6-2-1-3-7(13)4-6)14-5-15-10(8)11(16)17/h1-5H,(H,16,17). The largest absolute Gasteiger partial charge is 0.476 e. The summed E-state index contributed by atoms with van der Waals surface area (Å²) in [6.07, 6.45) is 1.04. The third kappa shape index (κ3) is 2.41. The minimum Gasteiger partial charge on any atom is -0.476 e. The van der Waals surface area contributed by atoms with E-state index in [1.165, 1.54) is 0 Å². The van der Waals surface area contributed by atoms with Crippen molar-refractivity contribution in [2.45, 2.75) is 0 Å². The van der Waals surface area contributed by atoms with E-state index < -0.39 is 17.5 Å². The maximum Gasteiger partial charge on any atom is 0.357 e. The molecule has 0 aliphatic heterocycles. The number of carbonyl (C=O) groups is 1. The number of hydrogen-bond acceptors (Lipinski definition) is 3. The first-order chi connectivity index (χ1) is 8.09. The highest BCUT2D eigenvalue weighted by molar-refractivity contribution is 14.1. The number of halogens is 2.